The number of hydrogen-bond acceptors (Lipinski definition) is 5. The summed E-state index contributed by atoms with van der Waals surface area (Å²) >= 11 is 0. The van der Waals surface area contributed by atoms with Gasteiger partial charge in [0.2, 0.25) is 0 Å². The van der Waals surface area contributed by atoms with Crippen molar-refractivity contribution < 1.29 is 23.7 Å². The Labute approximate surface area is 224 Å². The summed E-state index contributed by atoms with van der Waals surface area (Å²) in [5.41, 5.74) is 0. The van der Waals surface area contributed by atoms with Crippen molar-refractivity contribution in [1.82, 2.24) is 0 Å². The Hall–Kier alpha value is -1.54. The maximum absolute atomic E-state index is 10.1. The summed E-state index contributed by atoms with van der Waals surface area (Å²) in [6, 6.07) is 21.5. The maximum atomic E-state index is 10.1. The van der Waals surface area contributed by atoms with E-state index in [9.17, 15) is 5.11 Å². The van der Waals surface area contributed by atoms with Crippen molar-refractivity contribution in [3.8, 4) is 0 Å². The molecular formula is C31H46O5Si. The van der Waals surface area contributed by atoms with Gasteiger partial charge in [0, 0.05) is 6.61 Å². The first-order valence-corrected chi connectivity index (χ1v) is 15.9. The molecule has 0 unspecified atom stereocenters. The first kappa shape index (κ1) is 28.5. The molecule has 2 aromatic rings. The Bertz CT molecular complexity index is 919. The van der Waals surface area contributed by atoms with E-state index in [1.807, 2.05) is 13.8 Å². The quantitative estimate of drug-likeness (QED) is 0.456. The van der Waals surface area contributed by atoms with Crippen LogP contribution in [0, 0.1) is 0 Å². The first-order valence-electron chi connectivity index (χ1n) is 14.0. The number of aliphatic hydroxyl groups is 1. The predicted molar refractivity (Wildman–Crippen MR) is 151 cm³/mol. The fraction of sp³-hybridized carbons (Fsp3) is 0.613. The number of aliphatic hydroxyl groups excluding tert-OH is 1. The highest BCUT2D eigenvalue weighted by Gasteiger charge is 2.51. The van der Waals surface area contributed by atoms with Crippen LogP contribution in [0.3, 0.4) is 0 Å². The minimum atomic E-state index is -2.71. The second-order valence-corrected chi connectivity index (χ2v) is 16.3. The monoisotopic (exact) mass is 526 g/mol. The molecule has 0 aliphatic carbocycles. The Balaban J connectivity index is 1.59. The molecule has 6 heteroatoms. The number of ether oxygens (including phenoxy) is 3. The van der Waals surface area contributed by atoms with Gasteiger partial charge < -0.3 is 23.7 Å². The van der Waals surface area contributed by atoms with Crippen molar-refractivity contribution in [2.24, 2.45) is 0 Å². The van der Waals surface area contributed by atoms with Gasteiger partial charge in [-0.1, -0.05) is 81.4 Å². The minimum Gasteiger partial charge on any atom is -0.404 e. The summed E-state index contributed by atoms with van der Waals surface area (Å²) in [5.74, 6) is -0.564. The molecule has 2 heterocycles. The lowest BCUT2D eigenvalue weighted by atomic mass is 9.95. The zero-order valence-electron chi connectivity index (χ0n) is 23.3. The summed E-state index contributed by atoms with van der Waals surface area (Å²) in [4.78, 5) is 0. The lowest BCUT2D eigenvalue weighted by Crippen LogP contribution is -2.68. The van der Waals surface area contributed by atoms with Crippen LogP contribution in [0.1, 0.15) is 73.1 Å². The molecule has 2 aliphatic heterocycles. The van der Waals surface area contributed by atoms with Gasteiger partial charge in [-0.05, 0) is 67.8 Å². The molecule has 2 fully saturated rings. The van der Waals surface area contributed by atoms with E-state index in [2.05, 4.69) is 81.4 Å². The molecule has 0 aromatic heterocycles. The van der Waals surface area contributed by atoms with E-state index < -0.39 is 14.1 Å². The largest absolute Gasteiger partial charge is 0.404 e. The van der Waals surface area contributed by atoms with E-state index in [1.54, 1.807) is 0 Å². The molecule has 4 atom stereocenters. The second kappa shape index (κ2) is 12.1. The van der Waals surface area contributed by atoms with Crippen LogP contribution < -0.4 is 10.4 Å². The van der Waals surface area contributed by atoms with Crippen molar-refractivity contribution in [3.63, 3.8) is 0 Å². The van der Waals surface area contributed by atoms with Crippen LogP contribution in [0.4, 0.5) is 0 Å². The zero-order chi connectivity index (χ0) is 26.5. The molecule has 0 spiro atoms. The molecule has 2 aliphatic rings. The van der Waals surface area contributed by atoms with Gasteiger partial charge in [0.15, 0.2) is 5.79 Å². The first-order chi connectivity index (χ1) is 17.6. The van der Waals surface area contributed by atoms with E-state index in [4.69, 9.17) is 18.6 Å². The van der Waals surface area contributed by atoms with Gasteiger partial charge >= 0.3 is 0 Å². The molecule has 0 amide bonds. The topological polar surface area (TPSA) is 57.2 Å². The highest BCUT2D eigenvalue weighted by Crippen LogP contribution is 2.39. The van der Waals surface area contributed by atoms with Gasteiger partial charge in [-0.2, -0.15) is 0 Å². The summed E-state index contributed by atoms with van der Waals surface area (Å²) < 4.78 is 26.1. The average Bonchev–Trinajstić information content (AvgIpc) is 2.87. The third-order valence-electron chi connectivity index (χ3n) is 7.82. The Kier molecular flexibility index (Phi) is 9.31. The number of rotatable bonds is 9. The Morgan fingerprint density at radius 2 is 1.57 bits per heavy atom. The van der Waals surface area contributed by atoms with Gasteiger partial charge in [0.1, 0.15) is 0 Å². The van der Waals surface area contributed by atoms with E-state index in [0.717, 1.165) is 32.1 Å². The molecule has 2 aromatic carbocycles. The fourth-order valence-electron chi connectivity index (χ4n) is 6.12. The van der Waals surface area contributed by atoms with Gasteiger partial charge in [-0.15, -0.1) is 0 Å². The molecule has 4 rings (SSSR count). The van der Waals surface area contributed by atoms with E-state index >= 15 is 0 Å². The van der Waals surface area contributed by atoms with E-state index in [0.29, 0.717) is 13.0 Å². The third-order valence-corrected chi connectivity index (χ3v) is 12.9. The molecule has 0 radical (unpaired) electrons. The third kappa shape index (κ3) is 6.73. The fourth-order valence-corrected chi connectivity index (χ4v) is 10.8. The van der Waals surface area contributed by atoms with E-state index in [-0.39, 0.29) is 36.1 Å². The zero-order valence-corrected chi connectivity index (χ0v) is 24.3. The van der Waals surface area contributed by atoms with E-state index in [1.165, 1.54) is 10.4 Å². The standard InChI is InChI=1S/C31H46O5Si/c1-30(2,3)37(26-14-8-6-9-15-26,27-16-10-7-11-17-27)36-25(19-21-32)23-24-13-12-18-28(34-24)29-20-22-33-31(4,5)35-29/h6-11,14-17,24-25,28-29,32H,12-13,18-23H2,1-5H3/t24-,25-,28+,29-/m0/s1. The molecule has 1 N–H and O–H groups in total. The highest BCUT2D eigenvalue weighted by atomic mass is 28.4. The van der Waals surface area contributed by atoms with Crippen LogP contribution in [0.5, 0.6) is 0 Å². The average molecular weight is 527 g/mol. The van der Waals surface area contributed by atoms with Crippen LogP contribution >= 0.6 is 0 Å². The summed E-state index contributed by atoms with van der Waals surface area (Å²) in [7, 11) is -2.71. The normalized spacial score (nSPS) is 25.5. The van der Waals surface area contributed by atoms with Gasteiger partial charge in [-0.3, -0.25) is 0 Å². The van der Waals surface area contributed by atoms with Crippen molar-refractivity contribution in [2.75, 3.05) is 13.2 Å². The molecule has 0 bridgehead atoms. The highest BCUT2D eigenvalue weighted by molar-refractivity contribution is 6.99. The smallest absolute Gasteiger partial charge is 0.261 e. The van der Waals surface area contributed by atoms with Gasteiger partial charge in [-0.25, -0.2) is 0 Å². The molecule has 204 valence electrons. The van der Waals surface area contributed by atoms with Crippen LogP contribution in [-0.2, 0) is 18.6 Å². The molecule has 37 heavy (non-hydrogen) atoms. The molecule has 5 nitrogen and oxygen atoms in total. The summed E-state index contributed by atoms with van der Waals surface area (Å²) in [6.45, 7) is 11.7. The Morgan fingerprint density at radius 3 is 2.11 bits per heavy atom. The Morgan fingerprint density at radius 1 is 0.946 bits per heavy atom. The lowest BCUT2D eigenvalue weighted by Gasteiger charge is -2.46. The molecular weight excluding hydrogens is 480 g/mol. The summed E-state index contributed by atoms with van der Waals surface area (Å²) in [5, 5.41) is 12.5. The SMILES string of the molecule is CC1(C)OCC[C@@H]([C@H]2CCC[C@@H](C[C@H](CCO)O[Si](c3ccccc3)(c3ccccc3)C(C)(C)C)O2)O1. The van der Waals surface area contributed by atoms with Gasteiger partial charge in [0.25, 0.3) is 8.32 Å². The maximum Gasteiger partial charge on any atom is 0.261 e. The van der Waals surface area contributed by atoms with Crippen molar-refractivity contribution in [2.45, 2.75) is 108 Å². The number of benzene rings is 2. The molecule has 0 saturated carbocycles. The van der Waals surface area contributed by atoms with Crippen molar-refractivity contribution in [3.05, 3.63) is 60.7 Å². The summed E-state index contributed by atoms with van der Waals surface area (Å²) in [6.07, 6.45) is 5.47. The van der Waals surface area contributed by atoms with Gasteiger partial charge in [0.05, 0.1) is 31.0 Å². The van der Waals surface area contributed by atoms with Crippen LogP contribution in [0.15, 0.2) is 60.7 Å². The number of hydrogen-bond donors (Lipinski definition) is 1. The van der Waals surface area contributed by atoms with Crippen LogP contribution in [0.25, 0.3) is 0 Å². The predicted octanol–water partition coefficient (Wildman–Crippen LogP) is 5.18. The second-order valence-electron chi connectivity index (χ2n) is 12.1. The lowest BCUT2D eigenvalue weighted by molar-refractivity contribution is -0.297. The van der Waals surface area contributed by atoms with Crippen molar-refractivity contribution >= 4 is 18.7 Å². The molecule has 2 saturated heterocycles. The van der Waals surface area contributed by atoms with Crippen LogP contribution in [-0.4, -0.2) is 56.8 Å². The van der Waals surface area contributed by atoms with Crippen molar-refractivity contribution in [1.29, 1.82) is 0 Å². The van der Waals surface area contributed by atoms with Crippen LogP contribution in [0.2, 0.25) is 5.04 Å². The minimum absolute atomic E-state index is 0.0560.